The van der Waals surface area contributed by atoms with Crippen molar-refractivity contribution >= 4 is 5.97 Å². The Kier molecular flexibility index (Phi) is 1.84. The Morgan fingerprint density at radius 2 is 1.86 bits per heavy atom. The lowest BCUT2D eigenvalue weighted by Crippen LogP contribution is -2.45. The number of carboxylic acid groups (broad SMARTS) is 1. The van der Waals surface area contributed by atoms with Crippen LogP contribution in [0.5, 0.6) is 0 Å². The average Bonchev–Trinajstić information content (AvgIpc) is 2.74. The van der Waals surface area contributed by atoms with Gasteiger partial charge >= 0.3 is 5.97 Å². The summed E-state index contributed by atoms with van der Waals surface area (Å²) in [6, 6.07) is 0.931. The van der Waals surface area contributed by atoms with Crippen LogP contribution in [-0.4, -0.2) is 23.2 Å². The van der Waals surface area contributed by atoms with Crippen molar-refractivity contribution in [2.75, 3.05) is 0 Å². The highest BCUT2D eigenvalue weighted by molar-refractivity contribution is 5.72. The highest BCUT2D eigenvalue weighted by atomic mass is 16.4. The molecule has 3 fully saturated rings. The van der Waals surface area contributed by atoms with E-state index in [0.717, 1.165) is 12.8 Å². The molecular formula is C11H17NO2. The molecule has 3 aliphatic carbocycles. The number of hydrogen-bond donors (Lipinski definition) is 2. The molecule has 0 amide bonds. The average molecular weight is 195 g/mol. The van der Waals surface area contributed by atoms with Crippen molar-refractivity contribution in [2.45, 2.75) is 44.2 Å². The van der Waals surface area contributed by atoms with E-state index >= 15 is 0 Å². The molecule has 0 aromatic rings. The second-order valence-electron chi connectivity index (χ2n) is 5.16. The largest absolute Gasteiger partial charge is 0.481 e. The first-order chi connectivity index (χ1) is 6.75. The van der Waals surface area contributed by atoms with Crippen molar-refractivity contribution < 1.29 is 9.90 Å². The number of rotatable bonds is 3. The van der Waals surface area contributed by atoms with E-state index in [4.69, 9.17) is 0 Å². The molecule has 78 valence electrons. The van der Waals surface area contributed by atoms with Crippen LogP contribution in [0, 0.1) is 17.8 Å². The fourth-order valence-corrected chi connectivity index (χ4v) is 3.41. The van der Waals surface area contributed by atoms with Gasteiger partial charge < -0.3 is 10.4 Å². The minimum absolute atomic E-state index is 0.0886. The predicted octanol–water partition coefficient (Wildman–Crippen LogP) is 1.24. The molecule has 4 unspecified atom stereocenters. The van der Waals surface area contributed by atoms with E-state index in [1.165, 1.54) is 19.3 Å². The minimum Gasteiger partial charge on any atom is -0.481 e. The molecule has 0 aromatic heterocycles. The van der Waals surface area contributed by atoms with Crippen molar-refractivity contribution in [2.24, 2.45) is 17.8 Å². The molecule has 0 radical (unpaired) electrons. The molecule has 3 saturated carbocycles. The molecule has 0 aromatic carbocycles. The number of carbonyl (C=O) groups is 1. The van der Waals surface area contributed by atoms with E-state index in [9.17, 15) is 9.90 Å². The van der Waals surface area contributed by atoms with Crippen LogP contribution in [0.4, 0.5) is 0 Å². The van der Waals surface area contributed by atoms with Gasteiger partial charge in [0.15, 0.2) is 0 Å². The summed E-state index contributed by atoms with van der Waals surface area (Å²) in [6.45, 7) is 0. The normalized spacial score (nSPS) is 45.7. The third kappa shape index (κ3) is 1.26. The number of fused-ring (bicyclic) bond motifs is 2. The first kappa shape index (κ1) is 8.72. The van der Waals surface area contributed by atoms with Gasteiger partial charge in [0.05, 0.1) is 5.92 Å². The van der Waals surface area contributed by atoms with E-state index < -0.39 is 5.97 Å². The molecule has 14 heavy (non-hydrogen) atoms. The Hall–Kier alpha value is -0.570. The van der Waals surface area contributed by atoms with Crippen LogP contribution < -0.4 is 5.32 Å². The third-order valence-corrected chi connectivity index (χ3v) is 4.21. The summed E-state index contributed by atoms with van der Waals surface area (Å²) in [7, 11) is 0. The molecule has 2 N–H and O–H groups in total. The second kappa shape index (κ2) is 2.96. The number of carboxylic acids is 1. The fourth-order valence-electron chi connectivity index (χ4n) is 3.41. The lowest BCUT2D eigenvalue weighted by molar-refractivity contribution is -0.144. The molecule has 4 atom stereocenters. The molecule has 3 aliphatic rings. The summed E-state index contributed by atoms with van der Waals surface area (Å²) in [4.78, 5) is 11.2. The van der Waals surface area contributed by atoms with E-state index in [-0.39, 0.29) is 5.92 Å². The predicted molar refractivity (Wildman–Crippen MR) is 51.9 cm³/mol. The zero-order valence-electron chi connectivity index (χ0n) is 8.28. The number of hydrogen-bond acceptors (Lipinski definition) is 2. The molecule has 3 nitrogen and oxygen atoms in total. The first-order valence-electron chi connectivity index (χ1n) is 5.74. The van der Waals surface area contributed by atoms with Crippen LogP contribution in [0.15, 0.2) is 0 Å². The van der Waals surface area contributed by atoms with E-state index in [2.05, 4.69) is 5.32 Å². The maximum Gasteiger partial charge on any atom is 0.308 e. The van der Waals surface area contributed by atoms with Gasteiger partial charge in [-0.3, -0.25) is 4.79 Å². The standard InChI is InChI=1S/C11H17NO2/c13-11(14)9-6-1-2-7(5-6)10(9)12-8-3-4-8/h6-10,12H,1-5H2,(H,13,14). The van der Waals surface area contributed by atoms with E-state index in [1.807, 2.05) is 0 Å². The number of nitrogens with one attached hydrogen (secondary N) is 1. The Labute approximate surface area is 83.9 Å². The van der Waals surface area contributed by atoms with Crippen LogP contribution in [0.25, 0.3) is 0 Å². The topological polar surface area (TPSA) is 49.3 Å². The van der Waals surface area contributed by atoms with Gasteiger partial charge in [-0.1, -0.05) is 0 Å². The lowest BCUT2D eigenvalue weighted by Gasteiger charge is -2.29. The highest BCUT2D eigenvalue weighted by Gasteiger charge is 2.51. The number of aliphatic carboxylic acids is 1. The van der Waals surface area contributed by atoms with Crippen LogP contribution in [0.2, 0.25) is 0 Å². The van der Waals surface area contributed by atoms with Crippen molar-refractivity contribution in [3.8, 4) is 0 Å². The van der Waals surface area contributed by atoms with Gasteiger partial charge in [0.25, 0.3) is 0 Å². The van der Waals surface area contributed by atoms with Crippen LogP contribution >= 0.6 is 0 Å². The molecule has 3 heteroatoms. The van der Waals surface area contributed by atoms with E-state index in [0.29, 0.717) is 23.9 Å². The Balaban J connectivity index is 1.75. The summed E-state index contributed by atoms with van der Waals surface area (Å²) in [5.74, 6) is 0.458. The molecule has 0 spiro atoms. The Morgan fingerprint density at radius 3 is 2.50 bits per heavy atom. The Bertz CT molecular complexity index is 262. The third-order valence-electron chi connectivity index (χ3n) is 4.21. The maximum atomic E-state index is 11.2. The van der Waals surface area contributed by atoms with Crippen LogP contribution in [0.1, 0.15) is 32.1 Å². The smallest absolute Gasteiger partial charge is 0.308 e. The van der Waals surface area contributed by atoms with Gasteiger partial charge in [-0.05, 0) is 43.9 Å². The van der Waals surface area contributed by atoms with Crippen molar-refractivity contribution in [1.29, 1.82) is 0 Å². The van der Waals surface area contributed by atoms with E-state index in [1.54, 1.807) is 0 Å². The maximum absolute atomic E-state index is 11.2. The highest BCUT2D eigenvalue weighted by Crippen LogP contribution is 2.49. The van der Waals surface area contributed by atoms with Gasteiger partial charge in [0.1, 0.15) is 0 Å². The second-order valence-corrected chi connectivity index (χ2v) is 5.16. The van der Waals surface area contributed by atoms with Crippen molar-refractivity contribution in [1.82, 2.24) is 5.32 Å². The molecule has 3 rings (SSSR count). The summed E-state index contributed by atoms with van der Waals surface area (Å²) in [6.07, 6.45) is 6.05. The Morgan fingerprint density at radius 1 is 1.14 bits per heavy atom. The van der Waals surface area contributed by atoms with Crippen molar-refractivity contribution in [3.63, 3.8) is 0 Å². The molecule has 2 bridgehead atoms. The molecule has 0 aliphatic heterocycles. The van der Waals surface area contributed by atoms with Crippen molar-refractivity contribution in [3.05, 3.63) is 0 Å². The molecule has 0 heterocycles. The van der Waals surface area contributed by atoms with Gasteiger partial charge in [0, 0.05) is 12.1 Å². The minimum atomic E-state index is -0.574. The van der Waals surface area contributed by atoms with Gasteiger partial charge in [0.2, 0.25) is 0 Å². The zero-order chi connectivity index (χ0) is 9.71. The summed E-state index contributed by atoms with van der Waals surface area (Å²) >= 11 is 0. The lowest BCUT2D eigenvalue weighted by atomic mass is 9.84. The molecule has 0 saturated heterocycles. The van der Waals surface area contributed by atoms with Gasteiger partial charge in [-0.25, -0.2) is 0 Å². The first-order valence-corrected chi connectivity index (χ1v) is 5.74. The fraction of sp³-hybridized carbons (Fsp3) is 0.909. The van der Waals surface area contributed by atoms with Gasteiger partial charge in [-0.15, -0.1) is 0 Å². The quantitative estimate of drug-likeness (QED) is 0.712. The molecular weight excluding hydrogens is 178 g/mol. The monoisotopic (exact) mass is 195 g/mol. The summed E-state index contributed by atoms with van der Waals surface area (Å²) < 4.78 is 0. The zero-order valence-corrected chi connectivity index (χ0v) is 8.28. The van der Waals surface area contributed by atoms with Crippen LogP contribution in [-0.2, 0) is 4.79 Å². The summed E-state index contributed by atoms with van der Waals surface area (Å²) in [5.41, 5.74) is 0. The van der Waals surface area contributed by atoms with Gasteiger partial charge in [-0.2, -0.15) is 0 Å². The van der Waals surface area contributed by atoms with Crippen LogP contribution in [0.3, 0.4) is 0 Å². The summed E-state index contributed by atoms with van der Waals surface area (Å²) in [5, 5.41) is 12.7. The SMILES string of the molecule is O=C(O)C1C2CCC(C2)C1NC1CC1.